The van der Waals surface area contributed by atoms with Crippen LogP contribution in [-0.4, -0.2) is 57.9 Å². The summed E-state index contributed by atoms with van der Waals surface area (Å²) in [6.45, 7) is 2.77. The fourth-order valence-corrected chi connectivity index (χ4v) is 3.35. The molecular formula is C15H18N2O6S. The number of thioether (sulfide) groups is 1. The Labute approximate surface area is 142 Å². The molecule has 1 aromatic carbocycles. The highest BCUT2D eigenvalue weighted by Gasteiger charge is 2.29. The molecule has 1 N–H and O–H groups in total. The van der Waals surface area contributed by atoms with Gasteiger partial charge < -0.3 is 14.7 Å². The van der Waals surface area contributed by atoms with Gasteiger partial charge in [-0.2, -0.15) is 0 Å². The Bertz CT molecular complexity index is 621. The molecule has 0 radical (unpaired) electrons. The number of hydrogen-bond donors (Lipinski definition) is 1. The van der Waals surface area contributed by atoms with Crippen molar-refractivity contribution in [3.8, 4) is 0 Å². The van der Waals surface area contributed by atoms with Gasteiger partial charge >= 0.3 is 5.97 Å². The molecule has 0 saturated carbocycles. The van der Waals surface area contributed by atoms with Crippen molar-refractivity contribution in [1.82, 2.24) is 4.90 Å². The largest absolute Gasteiger partial charge is 0.481 e. The Morgan fingerprint density at radius 1 is 1.46 bits per heavy atom. The zero-order valence-corrected chi connectivity index (χ0v) is 13.9. The molecule has 1 aliphatic heterocycles. The molecule has 24 heavy (non-hydrogen) atoms. The number of amides is 1. The Morgan fingerprint density at radius 2 is 2.12 bits per heavy atom. The fourth-order valence-electron chi connectivity index (χ4n) is 2.40. The van der Waals surface area contributed by atoms with Crippen LogP contribution in [0.4, 0.5) is 5.69 Å². The van der Waals surface area contributed by atoms with Gasteiger partial charge in [-0.1, -0.05) is 0 Å². The van der Waals surface area contributed by atoms with E-state index in [9.17, 15) is 19.7 Å². The fraction of sp³-hybridized carbons (Fsp3) is 0.467. The van der Waals surface area contributed by atoms with Crippen molar-refractivity contribution in [2.45, 2.75) is 29.6 Å². The molecule has 2 rings (SSSR count). The van der Waals surface area contributed by atoms with E-state index in [0.29, 0.717) is 13.2 Å². The van der Waals surface area contributed by atoms with Crippen LogP contribution in [0.1, 0.15) is 13.3 Å². The number of carboxylic acids is 1. The summed E-state index contributed by atoms with van der Waals surface area (Å²) in [6, 6.07) is 6.02. The summed E-state index contributed by atoms with van der Waals surface area (Å²) in [5, 5.41) is 19.1. The van der Waals surface area contributed by atoms with Crippen molar-refractivity contribution in [3.05, 3.63) is 34.4 Å². The van der Waals surface area contributed by atoms with Gasteiger partial charge in [0, 0.05) is 30.1 Å². The molecule has 0 spiro atoms. The summed E-state index contributed by atoms with van der Waals surface area (Å²) in [5.41, 5.74) is 0.00280. The van der Waals surface area contributed by atoms with Crippen LogP contribution < -0.4 is 0 Å². The molecule has 8 nitrogen and oxygen atoms in total. The van der Waals surface area contributed by atoms with Gasteiger partial charge in [-0.25, -0.2) is 0 Å². The average molecular weight is 354 g/mol. The lowest BCUT2D eigenvalue weighted by molar-refractivity contribution is -0.384. The molecule has 1 amide bonds. The second kappa shape index (κ2) is 8.11. The number of ether oxygens (including phenoxy) is 1. The zero-order chi connectivity index (χ0) is 17.7. The summed E-state index contributed by atoms with van der Waals surface area (Å²) in [5.74, 6) is -1.06. The molecule has 1 heterocycles. The maximum atomic E-state index is 12.5. The smallest absolute Gasteiger partial charge is 0.306 e. The van der Waals surface area contributed by atoms with Crippen molar-refractivity contribution >= 4 is 29.3 Å². The highest BCUT2D eigenvalue weighted by atomic mass is 32.2. The third kappa shape index (κ3) is 4.93. The average Bonchev–Trinajstić information content (AvgIpc) is 2.54. The molecule has 1 saturated heterocycles. The van der Waals surface area contributed by atoms with Crippen LogP contribution in [0.5, 0.6) is 0 Å². The van der Waals surface area contributed by atoms with Gasteiger partial charge in [0.05, 0.1) is 29.3 Å². The van der Waals surface area contributed by atoms with Crippen molar-refractivity contribution in [2.75, 3.05) is 19.7 Å². The monoisotopic (exact) mass is 354 g/mol. The molecule has 0 bridgehead atoms. The maximum Gasteiger partial charge on any atom is 0.306 e. The summed E-state index contributed by atoms with van der Waals surface area (Å²) in [4.78, 5) is 35.8. The van der Waals surface area contributed by atoms with Crippen molar-refractivity contribution in [3.63, 3.8) is 0 Å². The van der Waals surface area contributed by atoms with Crippen LogP contribution in [0.25, 0.3) is 0 Å². The molecule has 1 aliphatic rings. The number of non-ortho nitro benzene ring substituents is 1. The Kier molecular flexibility index (Phi) is 6.16. The van der Waals surface area contributed by atoms with Crippen LogP contribution in [0.2, 0.25) is 0 Å². The van der Waals surface area contributed by atoms with E-state index in [1.807, 2.05) is 0 Å². The molecule has 2 unspecified atom stereocenters. The molecule has 2 atom stereocenters. The molecule has 1 aromatic rings. The van der Waals surface area contributed by atoms with Crippen molar-refractivity contribution in [1.29, 1.82) is 0 Å². The lowest BCUT2D eigenvalue weighted by atomic mass is 10.2. The van der Waals surface area contributed by atoms with E-state index < -0.39 is 17.0 Å². The normalized spacial score (nSPS) is 18.9. The first-order chi connectivity index (χ1) is 11.4. The summed E-state index contributed by atoms with van der Waals surface area (Å²) in [6.07, 6.45) is -0.620. The number of benzene rings is 1. The minimum Gasteiger partial charge on any atom is -0.481 e. The van der Waals surface area contributed by atoms with Gasteiger partial charge in [0.15, 0.2) is 0 Å². The Hall–Kier alpha value is -2.13. The standard InChI is InChI=1S/C15H18N2O6S/c1-10(24-13-4-2-11(3-5-13)17(21)22)15(20)16-6-7-23-12(9-16)8-14(18)19/h2-5,10,12H,6-9H2,1H3,(H,18,19). The second-order valence-electron chi connectivity index (χ2n) is 5.39. The highest BCUT2D eigenvalue weighted by molar-refractivity contribution is 8.00. The van der Waals surface area contributed by atoms with E-state index in [4.69, 9.17) is 9.84 Å². The molecule has 130 valence electrons. The van der Waals surface area contributed by atoms with Crippen molar-refractivity contribution < 1.29 is 24.4 Å². The number of carbonyl (C=O) groups is 2. The first-order valence-electron chi connectivity index (χ1n) is 7.40. The van der Waals surface area contributed by atoms with E-state index in [-0.39, 0.29) is 29.8 Å². The number of hydrogen-bond acceptors (Lipinski definition) is 6. The van der Waals surface area contributed by atoms with E-state index in [0.717, 1.165) is 4.90 Å². The molecule has 1 fully saturated rings. The van der Waals surface area contributed by atoms with Gasteiger partial charge in [0.2, 0.25) is 5.91 Å². The maximum absolute atomic E-state index is 12.5. The van der Waals surface area contributed by atoms with Crippen LogP contribution in [0.3, 0.4) is 0 Å². The minimum atomic E-state index is -0.956. The summed E-state index contributed by atoms with van der Waals surface area (Å²) >= 11 is 1.31. The summed E-state index contributed by atoms with van der Waals surface area (Å²) < 4.78 is 5.36. The van der Waals surface area contributed by atoms with Gasteiger partial charge in [-0.05, 0) is 19.1 Å². The number of carbonyl (C=O) groups excluding carboxylic acids is 1. The minimum absolute atomic E-state index is 0.00280. The Balaban J connectivity index is 1.93. The van der Waals surface area contributed by atoms with Gasteiger partial charge in [0.25, 0.3) is 5.69 Å². The van der Waals surface area contributed by atoms with Gasteiger partial charge in [-0.3, -0.25) is 19.7 Å². The third-order valence-electron chi connectivity index (χ3n) is 3.56. The van der Waals surface area contributed by atoms with Crippen LogP contribution in [0, 0.1) is 10.1 Å². The Morgan fingerprint density at radius 3 is 2.71 bits per heavy atom. The number of carboxylic acid groups (broad SMARTS) is 1. The van der Waals surface area contributed by atoms with Crippen LogP contribution in [0.15, 0.2) is 29.2 Å². The van der Waals surface area contributed by atoms with Gasteiger partial charge in [-0.15, -0.1) is 11.8 Å². The number of aliphatic carboxylic acids is 1. The second-order valence-corrected chi connectivity index (χ2v) is 6.80. The SMILES string of the molecule is CC(Sc1ccc([N+](=O)[O-])cc1)C(=O)N1CCOC(CC(=O)O)C1. The lowest BCUT2D eigenvalue weighted by Gasteiger charge is -2.33. The van der Waals surface area contributed by atoms with E-state index in [2.05, 4.69) is 0 Å². The number of nitrogens with zero attached hydrogens (tertiary/aromatic N) is 2. The molecular weight excluding hydrogens is 336 g/mol. The van der Waals surface area contributed by atoms with Crippen molar-refractivity contribution in [2.24, 2.45) is 0 Å². The quantitative estimate of drug-likeness (QED) is 0.471. The first-order valence-corrected chi connectivity index (χ1v) is 8.28. The molecule has 9 heteroatoms. The molecule has 0 aliphatic carbocycles. The molecule has 0 aromatic heterocycles. The number of nitro groups is 1. The predicted octanol–water partition coefficient (Wildman–Crippen LogP) is 1.78. The van der Waals surface area contributed by atoms with Crippen LogP contribution in [-0.2, 0) is 14.3 Å². The van der Waals surface area contributed by atoms with E-state index in [1.165, 1.54) is 23.9 Å². The topological polar surface area (TPSA) is 110 Å². The number of morpholine rings is 1. The van der Waals surface area contributed by atoms with E-state index >= 15 is 0 Å². The zero-order valence-electron chi connectivity index (χ0n) is 13.1. The lowest BCUT2D eigenvalue weighted by Crippen LogP contribution is -2.48. The van der Waals surface area contributed by atoms with Crippen LogP contribution >= 0.6 is 11.8 Å². The predicted molar refractivity (Wildman–Crippen MR) is 87.0 cm³/mol. The number of nitro benzene ring substituents is 1. The van der Waals surface area contributed by atoms with Gasteiger partial charge in [0.1, 0.15) is 0 Å². The first kappa shape index (κ1) is 18.2. The summed E-state index contributed by atoms with van der Waals surface area (Å²) in [7, 11) is 0. The number of rotatable bonds is 6. The third-order valence-corrected chi connectivity index (χ3v) is 4.66. The van der Waals surface area contributed by atoms with E-state index in [1.54, 1.807) is 24.0 Å². The highest BCUT2D eigenvalue weighted by Crippen LogP contribution is 2.27.